The standard InChI is InChI=1S/C20H18BrFN2O4/c1-11(28-15-4-2-3-13(21)8-15)19(25)24-18(20(26)27)7-12-10-23-17-9-14(22)5-6-16(12)17/h2-6,8-11,18,23H,7H2,1H3,(H,24,25)(H,26,27)/t11-,18+/m0/s1. The Bertz CT molecular complexity index is 1020. The van der Waals surface area contributed by atoms with Gasteiger partial charge in [-0.2, -0.15) is 0 Å². The molecule has 3 N–H and O–H groups in total. The summed E-state index contributed by atoms with van der Waals surface area (Å²) in [5.74, 6) is -1.61. The van der Waals surface area contributed by atoms with Crippen molar-refractivity contribution in [1.29, 1.82) is 0 Å². The van der Waals surface area contributed by atoms with E-state index in [0.717, 1.165) is 4.47 Å². The van der Waals surface area contributed by atoms with Crippen molar-refractivity contribution in [2.75, 3.05) is 0 Å². The maximum absolute atomic E-state index is 13.3. The van der Waals surface area contributed by atoms with Gasteiger partial charge in [0, 0.05) is 28.0 Å². The van der Waals surface area contributed by atoms with Gasteiger partial charge in [0.05, 0.1) is 0 Å². The number of carboxylic acids is 1. The van der Waals surface area contributed by atoms with E-state index in [0.29, 0.717) is 22.2 Å². The molecule has 28 heavy (non-hydrogen) atoms. The normalized spacial score (nSPS) is 13.1. The first-order valence-corrected chi connectivity index (χ1v) is 9.33. The average Bonchev–Trinajstić information content (AvgIpc) is 3.02. The molecule has 0 fully saturated rings. The number of carbonyl (C=O) groups excluding carboxylic acids is 1. The second kappa shape index (κ2) is 8.43. The van der Waals surface area contributed by atoms with Crippen LogP contribution in [0.25, 0.3) is 10.9 Å². The Kier molecular flexibility index (Phi) is 5.99. The summed E-state index contributed by atoms with van der Waals surface area (Å²) in [4.78, 5) is 27.0. The maximum Gasteiger partial charge on any atom is 0.326 e. The number of amides is 1. The first-order valence-electron chi connectivity index (χ1n) is 8.54. The summed E-state index contributed by atoms with van der Waals surface area (Å²) in [6, 6.07) is 10.1. The third-order valence-electron chi connectivity index (χ3n) is 4.25. The number of aromatic amines is 1. The highest BCUT2D eigenvalue weighted by Gasteiger charge is 2.25. The number of carbonyl (C=O) groups is 2. The number of benzene rings is 2. The van der Waals surface area contributed by atoms with Gasteiger partial charge in [0.1, 0.15) is 17.6 Å². The first kappa shape index (κ1) is 19.9. The van der Waals surface area contributed by atoms with Crippen molar-refractivity contribution in [1.82, 2.24) is 10.3 Å². The molecule has 0 unspecified atom stereocenters. The Labute approximate surface area is 168 Å². The van der Waals surface area contributed by atoms with Crippen LogP contribution in [0.4, 0.5) is 4.39 Å². The van der Waals surface area contributed by atoms with Gasteiger partial charge in [-0.05, 0) is 48.9 Å². The van der Waals surface area contributed by atoms with Gasteiger partial charge in [0.25, 0.3) is 5.91 Å². The monoisotopic (exact) mass is 448 g/mol. The number of aliphatic carboxylic acids is 1. The highest BCUT2D eigenvalue weighted by molar-refractivity contribution is 9.10. The van der Waals surface area contributed by atoms with Crippen molar-refractivity contribution in [2.45, 2.75) is 25.5 Å². The predicted molar refractivity (Wildman–Crippen MR) is 106 cm³/mol. The molecule has 8 heteroatoms. The summed E-state index contributed by atoms with van der Waals surface area (Å²) >= 11 is 3.32. The number of rotatable bonds is 7. The zero-order valence-electron chi connectivity index (χ0n) is 14.9. The average molecular weight is 449 g/mol. The van der Waals surface area contributed by atoms with E-state index in [2.05, 4.69) is 26.2 Å². The minimum atomic E-state index is -1.17. The molecular formula is C20H18BrFN2O4. The Morgan fingerprint density at radius 2 is 2.07 bits per heavy atom. The molecule has 6 nitrogen and oxygen atoms in total. The van der Waals surface area contributed by atoms with Gasteiger partial charge >= 0.3 is 5.97 Å². The molecule has 3 aromatic rings. The summed E-state index contributed by atoms with van der Waals surface area (Å²) in [5.41, 5.74) is 1.24. The van der Waals surface area contributed by atoms with Crippen LogP contribution < -0.4 is 10.1 Å². The highest BCUT2D eigenvalue weighted by atomic mass is 79.9. The van der Waals surface area contributed by atoms with Crippen molar-refractivity contribution in [3.8, 4) is 5.75 Å². The van der Waals surface area contributed by atoms with E-state index in [4.69, 9.17) is 4.74 Å². The summed E-state index contributed by atoms with van der Waals surface area (Å²) in [7, 11) is 0. The molecule has 0 aliphatic heterocycles. The van der Waals surface area contributed by atoms with Crippen LogP contribution >= 0.6 is 15.9 Å². The minimum absolute atomic E-state index is 0.0519. The summed E-state index contributed by atoms with van der Waals surface area (Å²) in [6.07, 6.45) is 0.789. The van der Waals surface area contributed by atoms with Crippen molar-refractivity contribution in [2.24, 2.45) is 0 Å². The minimum Gasteiger partial charge on any atom is -0.481 e. The van der Waals surface area contributed by atoms with E-state index in [1.807, 2.05) is 6.07 Å². The van der Waals surface area contributed by atoms with Crippen molar-refractivity contribution >= 4 is 38.7 Å². The molecule has 146 valence electrons. The van der Waals surface area contributed by atoms with E-state index in [1.165, 1.54) is 12.1 Å². The van der Waals surface area contributed by atoms with E-state index in [-0.39, 0.29) is 12.2 Å². The SMILES string of the molecule is C[C@H](Oc1cccc(Br)c1)C(=O)N[C@H](Cc1c[nH]c2cc(F)ccc12)C(=O)O. The number of hydrogen-bond donors (Lipinski definition) is 3. The molecule has 0 saturated carbocycles. The fraction of sp³-hybridized carbons (Fsp3) is 0.200. The van der Waals surface area contributed by atoms with Gasteiger partial charge in [-0.3, -0.25) is 4.79 Å². The second-order valence-corrected chi connectivity index (χ2v) is 7.24. The molecule has 2 atom stereocenters. The number of hydrogen-bond acceptors (Lipinski definition) is 3. The lowest BCUT2D eigenvalue weighted by atomic mass is 10.0. The number of ether oxygens (including phenoxy) is 1. The van der Waals surface area contributed by atoms with Crippen LogP contribution in [0, 0.1) is 5.82 Å². The lowest BCUT2D eigenvalue weighted by Crippen LogP contribution is -2.47. The van der Waals surface area contributed by atoms with Crippen LogP contribution in [0.1, 0.15) is 12.5 Å². The molecule has 0 bridgehead atoms. The van der Waals surface area contributed by atoms with Gasteiger partial charge in [-0.25, -0.2) is 9.18 Å². The van der Waals surface area contributed by atoms with Crippen LogP contribution in [0.3, 0.4) is 0 Å². The third-order valence-corrected chi connectivity index (χ3v) is 4.74. The van der Waals surface area contributed by atoms with E-state index in [9.17, 15) is 19.1 Å². The van der Waals surface area contributed by atoms with Crippen molar-refractivity contribution in [3.05, 3.63) is 64.5 Å². The summed E-state index contributed by atoms with van der Waals surface area (Å²) in [6.45, 7) is 1.55. The van der Waals surface area contributed by atoms with Gasteiger partial charge < -0.3 is 20.1 Å². The van der Waals surface area contributed by atoms with Gasteiger partial charge in [0.2, 0.25) is 0 Å². The topological polar surface area (TPSA) is 91.4 Å². The molecule has 0 aliphatic rings. The van der Waals surface area contributed by atoms with E-state index >= 15 is 0 Å². The predicted octanol–water partition coefficient (Wildman–Crippen LogP) is 3.65. The first-order chi connectivity index (χ1) is 13.3. The number of aromatic nitrogens is 1. The number of fused-ring (bicyclic) bond motifs is 1. The highest BCUT2D eigenvalue weighted by Crippen LogP contribution is 2.21. The van der Waals surface area contributed by atoms with Crippen LogP contribution in [-0.4, -0.2) is 34.1 Å². The molecule has 0 saturated heterocycles. The maximum atomic E-state index is 13.3. The molecule has 0 spiro atoms. The van der Waals surface area contributed by atoms with Crippen LogP contribution in [0.5, 0.6) is 5.75 Å². The number of nitrogens with one attached hydrogen (secondary N) is 2. The molecule has 1 amide bonds. The van der Waals surface area contributed by atoms with Crippen LogP contribution in [0.2, 0.25) is 0 Å². The smallest absolute Gasteiger partial charge is 0.326 e. The number of carboxylic acid groups (broad SMARTS) is 1. The lowest BCUT2D eigenvalue weighted by Gasteiger charge is -2.19. The Morgan fingerprint density at radius 3 is 2.79 bits per heavy atom. The van der Waals surface area contributed by atoms with Gasteiger partial charge in [0.15, 0.2) is 6.10 Å². The van der Waals surface area contributed by atoms with E-state index in [1.54, 1.807) is 37.4 Å². The van der Waals surface area contributed by atoms with Crippen LogP contribution in [0.15, 0.2) is 53.1 Å². The quantitative estimate of drug-likeness (QED) is 0.514. The molecule has 1 heterocycles. The Hall–Kier alpha value is -2.87. The Balaban J connectivity index is 1.69. The van der Waals surface area contributed by atoms with E-state index < -0.39 is 24.0 Å². The van der Waals surface area contributed by atoms with Crippen molar-refractivity contribution < 1.29 is 23.8 Å². The molecule has 0 radical (unpaired) electrons. The number of halogens is 2. The third kappa shape index (κ3) is 4.69. The van der Waals surface area contributed by atoms with Gasteiger partial charge in [-0.15, -0.1) is 0 Å². The number of H-pyrrole nitrogens is 1. The molecular weight excluding hydrogens is 431 g/mol. The fourth-order valence-corrected chi connectivity index (χ4v) is 3.21. The summed E-state index contributed by atoms with van der Waals surface area (Å²) in [5, 5.41) is 12.7. The molecule has 1 aromatic heterocycles. The van der Waals surface area contributed by atoms with Gasteiger partial charge in [-0.1, -0.05) is 22.0 Å². The Morgan fingerprint density at radius 1 is 1.29 bits per heavy atom. The molecule has 3 rings (SSSR count). The second-order valence-electron chi connectivity index (χ2n) is 6.32. The van der Waals surface area contributed by atoms with Crippen molar-refractivity contribution in [3.63, 3.8) is 0 Å². The molecule has 2 aromatic carbocycles. The lowest BCUT2D eigenvalue weighted by molar-refractivity contribution is -0.142. The largest absolute Gasteiger partial charge is 0.481 e. The zero-order chi connectivity index (χ0) is 20.3. The zero-order valence-corrected chi connectivity index (χ0v) is 16.5. The van der Waals surface area contributed by atoms with Crippen LogP contribution in [-0.2, 0) is 16.0 Å². The fourth-order valence-electron chi connectivity index (χ4n) is 2.83. The summed E-state index contributed by atoms with van der Waals surface area (Å²) < 4.78 is 19.7. The molecule has 0 aliphatic carbocycles.